The smallest absolute Gasteiger partial charge is 0.330 e. The molecule has 1 aromatic carbocycles. The summed E-state index contributed by atoms with van der Waals surface area (Å²) in [6.45, 7) is 4.41. The van der Waals surface area contributed by atoms with Gasteiger partial charge in [0.05, 0.1) is 17.5 Å². The molecular formula is C18H21NO4. The van der Waals surface area contributed by atoms with Crippen LogP contribution in [0.4, 0.5) is 0 Å². The monoisotopic (exact) mass is 315 g/mol. The summed E-state index contributed by atoms with van der Waals surface area (Å²) in [6, 6.07) is 6.49. The predicted octanol–water partition coefficient (Wildman–Crippen LogP) is 3.35. The molecule has 3 rings (SSSR count). The van der Waals surface area contributed by atoms with Gasteiger partial charge in [0, 0.05) is 0 Å². The molecule has 5 nitrogen and oxygen atoms in total. The molecule has 5 heteroatoms. The first-order chi connectivity index (χ1) is 10.9. The van der Waals surface area contributed by atoms with Gasteiger partial charge in [-0.15, -0.1) is 0 Å². The van der Waals surface area contributed by atoms with Crippen LogP contribution in [-0.2, 0) is 9.63 Å². The largest absolute Gasteiger partial charge is 0.333 e. The molecule has 0 bridgehead atoms. The van der Waals surface area contributed by atoms with Gasteiger partial charge in [0.2, 0.25) is 0 Å². The molecule has 0 spiro atoms. The maximum atomic E-state index is 12.2. The summed E-state index contributed by atoms with van der Waals surface area (Å²) >= 11 is 0. The van der Waals surface area contributed by atoms with Gasteiger partial charge in [0.25, 0.3) is 11.8 Å². The second kappa shape index (κ2) is 5.80. The second-order valence-electron chi connectivity index (χ2n) is 7.24. The molecule has 1 aliphatic carbocycles. The molecule has 1 saturated carbocycles. The summed E-state index contributed by atoms with van der Waals surface area (Å²) in [5, 5.41) is 0.598. The molecule has 2 amide bonds. The van der Waals surface area contributed by atoms with Crippen molar-refractivity contribution in [2.75, 3.05) is 0 Å². The van der Waals surface area contributed by atoms with E-state index in [1.165, 1.54) is 0 Å². The Balaban J connectivity index is 1.63. The fraction of sp³-hybridized carbons (Fsp3) is 0.500. The van der Waals surface area contributed by atoms with Gasteiger partial charge < -0.3 is 4.84 Å². The molecule has 1 aliphatic heterocycles. The lowest BCUT2D eigenvalue weighted by molar-refractivity contribution is -0.170. The Labute approximate surface area is 135 Å². The predicted molar refractivity (Wildman–Crippen MR) is 83.4 cm³/mol. The van der Waals surface area contributed by atoms with Crippen LogP contribution >= 0.6 is 0 Å². The van der Waals surface area contributed by atoms with E-state index in [1.807, 2.05) is 0 Å². The summed E-state index contributed by atoms with van der Waals surface area (Å²) < 4.78 is 0. The van der Waals surface area contributed by atoms with Crippen molar-refractivity contribution in [3.05, 3.63) is 35.4 Å². The van der Waals surface area contributed by atoms with Gasteiger partial charge in [-0.05, 0) is 42.7 Å². The third-order valence-corrected chi connectivity index (χ3v) is 4.71. The number of benzene rings is 1. The summed E-state index contributed by atoms with van der Waals surface area (Å²) in [5.74, 6) is -1.39. The molecule has 2 aliphatic rings. The maximum absolute atomic E-state index is 12.2. The fourth-order valence-electron chi connectivity index (χ4n) is 3.65. The number of hydroxylamine groups is 2. The third kappa shape index (κ3) is 3.14. The minimum absolute atomic E-state index is 0.235. The average Bonchev–Trinajstić information content (AvgIpc) is 2.72. The topological polar surface area (TPSA) is 63.7 Å². The van der Waals surface area contributed by atoms with Gasteiger partial charge in [0.1, 0.15) is 0 Å². The highest BCUT2D eigenvalue weighted by Gasteiger charge is 2.39. The van der Waals surface area contributed by atoms with Crippen LogP contribution in [0, 0.1) is 11.3 Å². The van der Waals surface area contributed by atoms with Gasteiger partial charge in [-0.2, -0.15) is 0 Å². The summed E-state index contributed by atoms with van der Waals surface area (Å²) in [6.07, 6.45) is 4.45. The molecule has 1 heterocycles. The number of hydrogen-bond donors (Lipinski definition) is 0. The zero-order valence-corrected chi connectivity index (χ0v) is 13.5. The van der Waals surface area contributed by atoms with Crippen LogP contribution in [0.5, 0.6) is 0 Å². The number of rotatable bonds is 3. The lowest BCUT2D eigenvalue weighted by Gasteiger charge is -2.34. The van der Waals surface area contributed by atoms with Gasteiger partial charge in [0.15, 0.2) is 0 Å². The Morgan fingerprint density at radius 2 is 1.83 bits per heavy atom. The third-order valence-electron chi connectivity index (χ3n) is 4.71. The standard InChI is InChI=1S/C18H21NO4/c1-18(2)9-5-6-12(11-18)10-15(20)23-19-16(21)13-7-3-4-8-14(13)17(19)22/h3-4,7-8,12H,5-6,9-11H2,1-2H3. The van der Waals surface area contributed by atoms with Crippen molar-refractivity contribution in [1.82, 2.24) is 5.06 Å². The summed E-state index contributed by atoms with van der Waals surface area (Å²) in [7, 11) is 0. The highest BCUT2D eigenvalue weighted by atomic mass is 16.7. The van der Waals surface area contributed by atoms with E-state index >= 15 is 0 Å². The molecule has 0 saturated heterocycles. The summed E-state index contributed by atoms with van der Waals surface area (Å²) in [4.78, 5) is 41.6. The van der Waals surface area contributed by atoms with Gasteiger partial charge in [-0.1, -0.05) is 37.5 Å². The van der Waals surface area contributed by atoms with E-state index in [0.717, 1.165) is 25.7 Å². The highest BCUT2D eigenvalue weighted by Crippen LogP contribution is 2.40. The average molecular weight is 315 g/mol. The molecule has 122 valence electrons. The van der Waals surface area contributed by atoms with Gasteiger partial charge in [-0.3, -0.25) is 9.59 Å². The van der Waals surface area contributed by atoms with Gasteiger partial charge >= 0.3 is 5.97 Å². The molecule has 1 aromatic rings. The van der Waals surface area contributed by atoms with Crippen LogP contribution < -0.4 is 0 Å². The second-order valence-corrected chi connectivity index (χ2v) is 7.24. The normalized spacial score (nSPS) is 22.9. The zero-order valence-electron chi connectivity index (χ0n) is 13.5. The van der Waals surface area contributed by atoms with E-state index < -0.39 is 17.8 Å². The number of nitrogens with zero attached hydrogens (tertiary/aromatic N) is 1. The molecule has 1 atom stereocenters. The van der Waals surface area contributed by atoms with Crippen molar-refractivity contribution in [2.45, 2.75) is 46.0 Å². The van der Waals surface area contributed by atoms with Crippen molar-refractivity contribution in [2.24, 2.45) is 11.3 Å². The van der Waals surface area contributed by atoms with Crippen LogP contribution in [0.1, 0.15) is 66.7 Å². The van der Waals surface area contributed by atoms with Crippen LogP contribution in [0.15, 0.2) is 24.3 Å². The molecular weight excluding hydrogens is 294 g/mol. The van der Waals surface area contributed by atoms with Crippen molar-refractivity contribution in [3.63, 3.8) is 0 Å². The number of amides is 2. The molecule has 23 heavy (non-hydrogen) atoms. The first-order valence-electron chi connectivity index (χ1n) is 8.06. The van der Waals surface area contributed by atoms with E-state index in [0.29, 0.717) is 5.06 Å². The zero-order chi connectivity index (χ0) is 16.6. The fourth-order valence-corrected chi connectivity index (χ4v) is 3.65. The highest BCUT2D eigenvalue weighted by molar-refractivity contribution is 6.20. The molecule has 0 N–H and O–H groups in total. The molecule has 1 fully saturated rings. The molecule has 1 unspecified atom stereocenters. The Bertz CT molecular complexity index is 630. The number of hydrogen-bond acceptors (Lipinski definition) is 4. The molecule has 0 aromatic heterocycles. The van der Waals surface area contributed by atoms with E-state index in [4.69, 9.17) is 4.84 Å². The van der Waals surface area contributed by atoms with Crippen LogP contribution in [0.2, 0.25) is 0 Å². The Hall–Kier alpha value is -2.17. The van der Waals surface area contributed by atoms with E-state index in [-0.39, 0.29) is 28.9 Å². The van der Waals surface area contributed by atoms with E-state index in [1.54, 1.807) is 24.3 Å². The number of carbonyl (C=O) groups excluding carboxylic acids is 3. The lowest BCUT2D eigenvalue weighted by atomic mass is 9.71. The Kier molecular flexibility index (Phi) is 3.96. The van der Waals surface area contributed by atoms with Gasteiger partial charge in [-0.25, -0.2) is 4.79 Å². The van der Waals surface area contributed by atoms with Crippen LogP contribution in [0.25, 0.3) is 0 Å². The Morgan fingerprint density at radius 1 is 1.22 bits per heavy atom. The van der Waals surface area contributed by atoms with Crippen molar-refractivity contribution in [1.29, 1.82) is 0 Å². The lowest BCUT2D eigenvalue weighted by Crippen LogP contribution is -2.34. The van der Waals surface area contributed by atoms with E-state index in [9.17, 15) is 14.4 Å². The van der Waals surface area contributed by atoms with Crippen molar-refractivity contribution < 1.29 is 19.2 Å². The quantitative estimate of drug-likeness (QED) is 0.802. The maximum Gasteiger partial charge on any atom is 0.333 e. The Morgan fingerprint density at radius 3 is 2.39 bits per heavy atom. The van der Waals surface area contributed by atoms with Crippen molar-refractivity contribution >= 4 is 17.8 Å². The minimum atomic E-state index is -0.567. The first kappa shape index (κ1) is 15.7. The minimum Gasteiger partial charge on any atom is -0.330 e. The SMILES string of the molecule is CC1(C)CCCC(CC(=O)ON2C(=O)c3ccccc3C2=O)C1. The number of carbonyl (C=O) groups is 3. The van der Waals surface area contributed by atoms with Crippen LogP contribution in [0.3, 0.4) is 0 Å². The van der Waals surface area contributed by atoms with Crippen molar-refractivity contribution in [3.8, 4) is 0 Å². The first-order valence-corrected chi connectivity index (χ1v) is 8.06. The van der Waals surface area contributed by atoms with Crippen LogP contribution in [-0.4, -0.2) is 22.8 Å². The molecule has 0 radical (unpaired) electrons. The summed E-state index contributed by atoms with van der Waals surface area (Å²) in [5.41, 5.74) is 0.798. The number of fused-ring (bicyclic) bond motifs is 1. The van der Waals surface area contributed by atoms with E-state index in [2.05, 4.69) is 13.8 Å². The number of imide groups is 1.